The molecule has 6 heteroatoms. The smallest absolute Gasteiger partial charge is 0.121 e. The molecule has 1 aliphatic heterocycles. The average molecular weight is 269 g/mol. The molecule has 1 aliphatic rings. The SMILES string of the molecule is Cl.Nc1ccc2nc(CN3CCOCC3)[nH]c2c1. The second-order valence-corrected chi connectivity index (χ2v) is 4.35. The highest BCUT2D eigenvalue weighted by Gasteiger charge is 2.12. The van der Waals surface area contributed by atoms with Gasteiger partial charge in [-0.1, -0.05) is 0 Å². The number of hydrogen-bond donors (Lipinski definition) is 2. The molecule has 98 valence electrons. The zero-order valence-electron chi connectivity index (χ0n) is 10.1. The van der Waals surface area contributed by atoms with Gasteiger partial charge in [-0.2, -0.15) is 0 Å². The fourth-order valence-electron chi connectivity index (χ4n) is 2.13. The summed E-state index contributed by atoms with van der Waals surface area (Å²) in [6.07, 6.45) is 0. The number of ether oxygens (including phenoxy) is 1. The van der Waals surface area contributed by atoms with E-state index >= 15 is 0 Å². The number of nitrogens with zero attached hydrogens (tertiary/aromatic N) is 2. The summed E-state index contributed by atoms with van der Waals surface area (Å²) < 4.78 is 5.32. The van der Waals surface area contributed by atoms with Crippen molar-refractivity contribution in [2.75, 3.05) is 32.0 Å². The molecule has 2 heterocycles. The van der Waals surface area contributed by atoms with Crippen molar-refractivity contribution in [1.29, 1.82) is 0 Å². The van der Waals surface area contributed by atoms with E-state index in [2.05, 4.69) is 14.9 Å². The Bertz CT molecular complexity index is 522. The Morgan fingerprint density at radius 1 is 1.33 bits per heavy atom. The maximum Gasteiger partial charge on any atom is 0.121 e. The van der Waals surface area contributed by atoms with Gasteiger partial charge in [0.25, 0.3) is 0 Å². The van der Waals surface area contributed by atoms with Gasteiger partial charge in [0.15, 0.2) is 0 Å². The van der Waals surface area contributed by atoms with Crippen LogP contribution in [-0.2, 0) is 11.3 Å². The first-order chi connectivity index (χ1) is 8.31. The largest absolute Gasteiger partial charge is 0.399 e. The highest BCUT2D eigenvalue weighted by molar-refractivity contribution is 5.85. The van der Waals surface area contributed by atoms with E-state index in [0.717, 1.165) is 55.4 Å². The molecule has 0 aliphatic carbocycles. The van der Waals surface area contributed by atoms with Gasteiger partial charge >= 0.3 is 0 Å². The molecule has 0 unspecified atom stereocenters. The third kappa shape index (κ3) is 2.75. The molecule has 5 nitrogen and oxygen atoms in total. The minimum Gasteiger partial charge on any atom is -0.399 e. The Kier molecular flexibility index (Phi) is 4.06. The summed E-state index contributed by atoms with van der Waals surface area (Å²) in [5.74, 6) is 0.993. The van der Waals surface area contributed by atoms with Crippen molar-refractivity contribution in [1.82, 2.24) is 14.9 Å². The van der Waals surface area contributed by atoms with Crippen molar-refractivity contribution < 1.29 is 4.74 Å². The monoisotopic (exact) mass is 268 g/mol. The number of imidazole rings is 1. The first-order valence-electron chi connectivity index (χ1n) is 5.85. The van der Waals surface area contributed by atoms with Gasteiger partial charge in [-0.15, -0.1) is 12.4 Å². The van der Waals surface area contributed by atoms with Gasteiger partial charge in [0.1, 0.15) is 5.82 Å². The second-order valence-electron chi connectivity index (χ2n) is 4.35. The predicted molar refractivity (Wildman–Crippen MR) is 73.9 cm³/mol. The number of H-pyrrole nitrogens is 1. The predicted octanol–water partition coefficient (Wildman–Crippen LogP) is 1.40. The van der Waals surface area contributed by atoms with Crippen molar-refractivity contribution >= 4 is 29.1 Å². The highest BCUT2D eigenvalue weighted by atomic mass is 35.5. The van der Waals surface area contributed by atoms with Crippen LogP contribution in [0.3, 0.4) is 0 Å². The van der Waals surface area contributed by atoms with E-state index in [1.54, 1.807) is 0 Å². The Morgan fingerprint density at radius 3 is 2.89 bits per heavy atom. The first-order valence-corrected chi connectivity index (χ1v) is 5.85. The molecule has 1 aromatic carbocycles. The van der Waals surface area contributed by atoms with E-state index in [0.29, 0.717) is 0 Å². The summed E-state index contributed by atoms with van der Waals surface area (Å²) in [5.41, 5.74) is 8.49. The van der Waals surface area contributed by atoms with E-state index in [4.69, 9.17) is 10.5 Å². The Hall–Kier alpha value is -1.30. The van der Waals surface area contributed by atoms with Crippen molar-refractivity contribution in [2.24, 2.45) is 0 Å². The van der Waals surface area contributed by atoms with Gasteiger partial charge < -0.3 is 15.5 Å². The fraction of sp³-hybridized carbons (Fsp3) is 0.417. The number of morpholine rings is 1. The molecule has 1 aromatic heterocycles. The van der Waals surface area contributed by atoms with E-state index < -0.39 is 0 Å². The summed E-state index contributed by atoms with van der Waals surface area (Å²) in [5, 5.41) is 0. The number of aromatic nitrogens is 2. The third-order valence-corrected chi connectivity index (χ3v) is 3.03. The molecule has 1 saturated heterocycles. The Labute approximate surface area is 112 Å². The van der Waals surface area contributed by atoms with Crippen LogP contribution < -0.4 is 5.73 Å². The number of nitrogens with two attached hydrogens (primary N) is 1. The summed E-state index contributed by atoms with van der Waals surface area (Å²) in [4.78, 5) is 10.2. The van der Waals surface area contributed by atoms with E-state index in [-0.39, 0.29) is 12.4 Å². The molecule has 0 saturated carbocycles. The number of aromatic amines is 1. The number of rotatable bonds is 2. The van der Waals surface area contributed by atoms with Gasteiger partial charge in [0, 0.05) is 18.8 Å². The normalized spacial score (nSPS) is 16.7. The lowest BCUT2D eigenvalue weighted by molar-refractivity contribution is 0.0332. The summed E-state index contributed by atoms with van der Waals surface area (Å²) in [6, 6.07) is 5.75. The summed E-state index contributed by atoms with van der Waals surface area (Å²) >= 11 is 0. The lowest BCUT2D eigenvalue weighted by atomic mass is 10.3. The van der Waals surface area contributed by atoms with Crippen molar-refractivity contribution in [3.63, 3.8) is 0 Å². The van der Waals surface area contributed by atoms with Gasteiger partial charge in [-0.05, 0) is 18.2 Å². The van der Waals surface area contributed by atoms with E-state index in [1.807, 2.05) is 18.2 Å². The molecule has 2 aromatic rings. The van der Waals surface area contributed by atoms with Crippen molar-refractivity contribution in [3.8, 4) is 0 Å². The van der Waals surface area contributed by atoms with Crippen LogP contribution in [0.2, 0.25) is 0 Å². The van der Waals surface area contributed by atoms with Crippen LogP contribution in [0.4, 0.5) is 5.69 Å². The number of benzene rings is 1. The van der Waals surface area contributed by atoms with Crippen molar-refractivity contribution in [2.45, 2.75) is 6.54 Å². The second kappa shape index (κ2) is 5.56. The summed E-state index contributed by atoms with van der Waals surface area (Å²) in [7, 11) is 0. The minimum atomic E-state index is 0. The van der Waals surface area contributed by atoms with E-state index in [9.17, 15) is 0 Å². The van der Waals surface area contributed by atoms with Gasteiger partial charge in [-0.25, -0.2) is 4.98 Å². The van der Waals surface area contributed by atoms with E-state index in [1.165, 1.54) is 0 Å². The van der Waals surface area contributed by atoms with Crippen LogP contribution in [0.1, 0.15) is 5.82 Å². The molecule has 18 heavy (non-hydrogen) atoms. The fourth-order valence-corrected chi connectivity index (χ4v) is 2.13. The highest BCUT2D eigenvalue weighted by Crippen LogP contribution is 2.16. The first kappa shape index (κ1) is 13.1. The van der Waals surface area contributed by atoms with Crippen LogP contribution in [0, 0.1) is 0 Å². The van der Waals surface area contributed by atoms with Crippen LogP contribution in [0.5, 0.6) is 0 Å². The molecule has 1 fully saturated rings. The number of anilines is 1. The third-order valence-electron chi connectivity index (χ3n) is 3.03. The van der Waals surface area contributed by atoms with Crippen LogP contribution in [-0.4, -0.2) is 41.2 Å². The van der Waals surface area contributed by atoms with Gasteiger partial charge in [-0.3, -0.25) is 4.90 Å². The standard InChI is InChI=1S/C12H16N4O.ClH/c13-9-1-2-10-11(7-9)15-12(14-10)8-16-3-5-17-6-4-16;/h1-2,7H,3-6,8,13H2,(H,14,15);1H. The topological polar surface area (TPSA) is 67.2 Å². The molecule has 3 rings (SSSR count). The van der Waals surface area contributed by atoms with Crippen LogP contribution in [0.25, 0.3) is 11.0 Å². The molecule has 0 bridgehead atoms. The number of fused-ring (bicyclic) bond motifs is 1. The number of nitrogens with one attached hydrogen (secondary N) is 1. The van der Waals surface area contributed by atoms with Gasteiger partial charge in [0.2, 0.25) is 0 Å². The van der Waals surface area contributed by atoms with Gasteiger partial charge in [0.05, 0.1) is 30.8 Å². The zero-order chi connectivity index (χ0) is 11.7. The van der Waals surface area contributed by atoms with Crippen molar-refractivity contribution in [3.05, 3.63) is 24.0 Å². The molecule has 0 radical (unpaired) electrons. The quantitative estimate of drug-likeness (QED) is 0.808. The maximum atomic E-state index is 5.74. The Morgan fingerprint density at radius 2 is 2.11 bits per heavy atom. The zero-order valence-corrected chi connectivity index (χ0v) is 10.9. The molecule has 0 atom stereocenters. The molecular weight excluding hydrogens is 252 g/mol. The molecule has 3 N–H and O–H groups in total. The molecular formula is C12H17ClN4O. The number of halogens is 1. The minimum absolute atomic E-state index is 0. The van der Waals surface area contributed by atoms with Crippen LogP contribution >= 0.6 is 12.4 Å². The average Bonchev–Trinajstić information content (AvgIpc) is 2.71. The molecule has 0 amide bonds. The molecule has 0 spiro atoms. The number of nitrogen functional groups attached to an aromatic ring is 1. The lowest BCUT2D eigenvalue weighted by Crippen LogP contribution is -2.35. The van der Waals surface area contributed by atoms with Crippen LogP contribution in [0.15, 0.2) is 18.2 Å². The lowest BCUT2D eigenvalue weighted by Gasteiger charge is -2.25. The maximum absolute atomic E-state index is 5.74. The summed E-state index contributed by atoms with van der Waals surface area (Å²) in [6.45, 7) is 4.41. The Balaban J connectivity index is 0.00000120. The number of hydrogen-bond acceptors (Lipinski definition) is 4.